The summed E-state index contributed by atoms with van der Waals surface area (Å²) in [5.41, 5.74) is 0.666. The number of likely N-dealkylation sites (tertiary alicyclic amines) is 2. The van der Waals surface area contributed by atoms with Crippen LogP contribution < -0.4 is 0 Å². The highest BCUT2D eigenvalue weighted by molar-refractivity contribution is 5.94. The van der Waals surface area contributed by atoms with Crippen LogP contribution in [0.1, 0.15) is 34.9 Å². The number of carbonyl (C=O) groups is 1. The summed E-state index contributed by atoms with van der Waals surface area (Å²) in [6.45, 7) is 2.36. The van der Waals surface area contributed by atoms with Gasteiger partial charge in [-0.25, -0.2) is 14.4 Å². The standard InChI is InChI=1S/C25H23F4N7O/c26-21-20(3-6-30-22(21)25(27,28)29)24(37)34-9-4-16(5-10-34)35-13-17(14-35)36-12-15(11-33-36)18-1-7-31-23-19(18)2-8-32-23/h1-3,6-8,11-12,16-17H,4-5,9-10,13-14H2,(H,31,32). The zero-order valence-electron chi connectivity index (χ0n) is 19.6. The summed E-state index contributed by atoms with van der Waals surface area (Å²) >= 11 is 0. The summed E-state index contributed by atoms with van der Waals surface area (Å²) in [4.78, 5) is 27.0. The second-order valence-electron chi connectivity index (χ2n) is 9.46. The van der Waals surface area contributed by atoms with Gasteiger partial charge >= 0.3 is 6.18 Å². The molecule has 0 radical (unpaired) electrons. The molecule has 0 spiro atoms. The van der Waals surface area contributed by atoms with Crippen molar-refractivity contribution in [1.82, 2.24) is 34.5 Å². The lowest BCUT2D eigenvalue weighted by Gasteiger charge is -2.47. The molecule has 0 saturated carbocycles. The Morgan fingerprint density at radius 1 is 1.03 bits per heavy atom. The van der Waals surface area contributed by atoms with Crippen LogP contribution in [0, 0.1) is 5.82 Å². The van der Waals surface area contributed by atoms with Gasteiger partial charge in [-0.3, -0.25) is 14.4 Å². The summed E-state index contributed by atoms with van der Waals surface area (Å²) < 4.78 is 55.2. The number of alkyl halides is 3. The maximum absolute atomic E-state index is 14.4. The molecule has 1 amide bonds. The van der Waals surface area contributed by atoms with Crippen LogP contribution >= 0.6 is 0 Å². The number of nitrogens with one attached hydrogen (secondary N) is 1. The molecule has 12 heteroatoms. The second-order valence-corrected chi connectivity index (χ2v) is 9.46. The minimum absolute atomic E-state index is 0.240. The summed E-state index contributed by atoms with van der Waals surface area (Å²) in [7, 11) is 0. The van der Waals surface area contributed by atoms with Gasteiger partial charge in [0.15, 0.2) is 11.5 Å². The predicted molar refractivity (Wildman–Crippen MR) is 126 cm³/mol. The van der Waals surface area contributed by atoms with Crippen molar-refractivity contribution in [3.8, 4) is 11.1 Å². The van der Waals surface area contributed by atoms with E-state index in [4.69, 9.17) is 0 Å². The van der Waals surface area contributed by atoms with Crippen LogP contribution in [0.5, 0.6) is 0 Å². The molecule has 0 bridgehead atoms. The quantitative estimate of drug-likeness (QED) is 0.415. The van der Waals surface area contributed by atoms with Crippen LogP contribution in [0.2, 0.25) is 0 Å². The van der Waals surface area contributed by atoms with Gasteiger partial charge in [-0.1, -0.05) is 0 Å². The molecule has 8 nitrogen and oxygen atoms in total. The third-order valence-corrected chi connectivity index (χ3v) is 7.29. The number of fused-ring (bicyclic) bond motifs is 1. The molecule has 0 unspecified atom stereocenters. The number of aromatic nitrogens is 5. The van der Waals surface area contributed by atoms with Gasteiger partial charge in [0.05, 0.1) is 17.8 Å². The van der Waals surface area contributed by atoms with Crippen LogP contribution in [-0.2, 0) is 6.18 Å². The van der Waals surface area contributed by atoms with E-state index in [9.17, 15) is 22.4 Å². The summed E-state index contributed by atoms with van der Waals surface area (Å²) in [6.07, 6.45) is 4.74. The molecule has 0 atom stereocenters. The van der Waals surface area contributed by atoms with E-state index in [1.165, 1.54) is 4.90 Å². The minimum Gasteiger partial charge on any atom is -0.346 e. The van der Waals surface area contributed by atoms with Gasteiger partial charge in [0.2, 0.25) is 0 Å². The topological polar surface area (TPSA) is 82.9 Å². The predicted octanol–water partition coefficient (Wildman–Crippen LogP) is 4.14. The van der Waals surface area contributed by atoms with E-state index in [2.05, 4.69) is 25.0 Å². The Bertz CT molecular complexity index is 1450. The molecule has 37 heavy (non-hydrogen) atoms. The number of H-pyrrole nitrogens is 1. The number of amides is 1. The average Bonchev–Trinajstić information content (AvgIpc) is 3.52. The highest BCUT2D eigenvalue weighted by Crippen LogP contribution is 2.33. The number of hydrogen-bond donors (Lipinski definition) is 1. The van der Waals surface area contributed by atoms with Crippen LogP contribution in [0.4, 0.5) is 17.6 Å². The Morgan fingerprint density at radius 2 is 1.78 bits per heavy atom. The number of hydrogen-bond acceptors (Lipinski definition) is 5. The van der Waals surface area contributed by atoms with Crippen LogP contribution in [0.3, 0.4) is 0 Å². The fourth-order valence-corrected chi connectivity index (χ4v) is 5.25. The van der Waals surface area contributed by atoms with Crippen molar-refractivity contribution in [2.45, 2.75) is 31.1 Å². The van der Waals surface area contributed by atoms with Crippen molar-refractivity contribution in [1.29, 1.82) is 0 Å². The third-order valence-electron chi connectivity index (χ3n) is 7.29. The molecule has 0 aliphatic carbocycles. The number of aromatic amines is 1. The monoisotopic (exact) mass is 513 g/mol. The van der Waals surface area contributed by atoms with Gasteiger partial charge in [0.25, 0.3) is 5.91 Å². The maximum Gasteiger partial charge on any atom is 0.436 e. The first-order valence-corrected chi connectivity index (χ1v) is 12.0. The molecule has 2 aliphatic heterocycles. The minimum atomic E-state index is -4.96. The van der Waals surface area contributed by atoms with Gasteiger partial charge in [0.1, 0.15) is 5.65 Å². The van der Waals surface area contributed by atoms with Crippen LogP contribution in [0.15, 0.2) is 49.2 Å². The van der Waals surface area contributed by atoms with E-state index in [-0.39, 0.29) is 12.1 Å². The highest BCUT2D eigenvalue weighted by atomic mass is 19.4. The molecule has 1 N–H and O–H groups in total. The second kappa shape index (κ2) is 8.94. The average molecular weight is 513 g/mol. The molecular formula is C25H23F4N7O. The Labute approximate surface area is 208 Å². The Balaban J connectivity index is 1.05. The number of nitrogens with zero attached hydrogens (tertiary/aromatic N) is 6. The normalized spacial score (nSPS) is 17.9. The molecule has 6 rings (SSSR count). The lowest BCUT2D eigenvalue weighted by Crippen LogP contribution is -2.56. The number of halogens is 4. The van der Waals surface area contributed by atoms with E-state index in [0.717, 1.165) is 47.5 Å². The Kier molecular flexibility index (Phi) is 5.70. The van der Waals surface area contributed by atoms with Crippen LogP contribution in [0.25, 0.3) is 22.2 Å². The zero-order chi connectivity index (χ0) is 25.7. The molecule has 2 fully saturated rings. The van der Waals surface area contributed by atoms with Gasteiger partial charge in [0, 0.05) is 68.0 Å². The van der Waals surface area contributed by atoms with Crippen molar-refractivity contribution < 1.29 is 22.4 Å². The number of carbonyl (C=O) groups excluding carboxylic acids is 1. The first-order valence-electron chi connectivity index (χ1n) is 12.0. The van der Waals surface area contributed by atoms with Crippen LogP contribution in [-0.4, -0.2) is 72.7 Å². The zero-order valence-corrected chi connectivity index (χ0v) is 19.6. The maximum atomic E-state index is 14.4. The smallest absolute Gasteiger partial charge is 0.346 e. The fourth-order valence-electron chi connectivity index (χ4n) is 5.25. The number of rotatable bonds is 4. The lowest BCUT2D eigenvalue weighted by atomic mass is 9.97. The fraction of sp³-hybridized carbons (Fsp3) is 0.360. The van der Waals surface area contributed by atoms with E-state index in [1.54, 1.807) is 6.20 Å². The Morgan fingerprint density at radius 3 is 2.54 bits per heavy atom. The SMILES string of the molecule is O=C(c1ccnc(C(F)(F)F)c1F)N1CCC(N2CC(n3cc(-c4ccnc5[nH]ccc45)cn3)C2)CC1. The summed E-state index contributed by atoms with van der Waals surface area (Å²) in [5, 5.41) is 5.61. The molecular weight excluding hydrogens is 490 g/mol. The molecule has 6 heterocycles. The van der Waals surface area contributed by atoms with Crippen molar-refractivity contribution in [3.05, 3.63) is 66.3 Å². The van der Waals surface area contributed by atoms with Gasteiger partial charge in [-0.05, 0) is 36.6 Å². The van der Waals surface area contributed by atoms with Gasteiger partial charge in [-0.15, -0.1) is 0 Å². The molecule has 192 valence electrons. The molecule has 4 aromatic rings. The van der Waals surface area contributed by atoms with Crippen molar-refractivity contribution >= 4 is 16.9 Å². The Hall–Kier alpha value is -3.80. The van der Waals surface area contributed by atoms with Crippen molar-refractivity contribution in [3.63, 3.8) is 0 Å². The van der Waals surface area contributed by atoms with Crippen molar-refractivity contribution in [2.24, 2.45) is 0 Å². The summed E-state index contributed by atoms with van der Waals surface area (Å²) in [5.74, 6) is -2.35. The van der Waals surface area contributed by atoms with E-state index >= 15 is 0 Å². The molecule has 2 aliphatic rings. The van der Waals surface area contributed by atoms with Crippen molar-refractivity contribution in [2.75, 3.05) is 26.2 Å². The van der Waals surface area contributed by atoms with E-state index < -0.39 is 29.2 Å². The molecule has 2 saturated heterocycles. The van der Waals surface area contributed by atoms with Gasteiger partial charge < -0.3 is 9.88 Å². The number of piperidine rings is 1. The highest BCUT2D eigenvalue weighted by Gasteiger charge is 2.40. The first kappa shape index (κ1) is 23.6. The first-order chi connectivity index (χ1) is 17.8. The van der Waals surface area contributed by atoms with E-state index in [1.807, 2.05) is 35.4 Å². The molecule has 0 aromatic carbocycles. The molecule has 4 aromatic heterocycles. The largest absolute Gasteiger partial charge is 0.436 e. The summed E-state index contributed by atoms with van der Waals surface area (Å²) in [6, 6.07) is 5.47. The third kappa shape index (κ3) is 4.24. The van der Waals surface area contributed by atoms with E-state index in [0.29, 0.717) is 25.9 Å². The number of pyridine rings is 2. The van der Waals surface area contributed by atoms with Gasteiger partial charge in [-0.2, -0.15) is 18.3 Å². The lowest BCUT2D eigenvalue weighted by molar-refractivity contribution is -0.143.